The number of ether oxygens (including phenoxy) is 3. The Morgan fingerprint density at radius 1 is 1.36 bits per heavy atom. The SMILES string of the molecule is Nc1ccn(C2OC(CO)(C(F)F)C3OC4(CCCC4)OC23)c(=O)n1. The van der Waals surface area contributed by atoms with E-state index in [1.54, 1.807) is 0 Å². The molecular weight excluding hydrogens is 340 g/mol. The van der Waals surface area contributed by atoms with Crippen LogP contribution in [0.3, 0.4) is 0 Å². The molecule has 2 aliphatic heterocycles. The normalized spacial score (nSPS) is 36.4. The Balaban J connectivity index is 1.76. The van der Waals surface area contributed by atoms with Crippen LogP contribution in [-0.4, -0.2) is 51.3 Å². The van der Waals surface area contributed by atoms with Gasteiger partial charge in [0.2, 0.25) is 0 Å². The molecule has 3 heterocycles. The molecule has 3 fully saturated rings. The van der Waals surface area contributed by atoms with E-state index in [2.05, 4.69) is 4.98 Å². The lowest BCUT2D eigenvalue weighted by molar-refractivity contribution is -0.263. The molecule has 0 bridgehead atoms. The van der Waals surface area contributed by atoms with Crippen LogP contribution in [0.2, 0.25) is 0 Å². The van der Waals surface area contributed by atoms with Crippen LogP contribution < -0.4 is 11.4 Å². The Labute approximate surface area is 141 Å². The smallest absolute Gasteiger partial charge is 0.351 e. The van der Waals surface area contributed by atoms with E-state index in [-0.39, 0.29) is 5.82 Å². The molecule has 0 radical (unpaired) electrons. The summed E-state index contributed by atoms with van der Waals surface area (Å²) in [4.78, 5) is 15.7. The van der Waals surface area contributed by atoms with Crippen molar-refractivity contribution in [2.75, 3.05) is 12.3 Å². The van der Waals surface area contributed by atoms with Crippen molar-refractivity contribution in [2.45, 2.75) is 61.9 Å². The average Bonchev–Trinajstić information content (AvgIpc) is 3.24. The highest BCUT2D eigenvalue weighted by atomic mass is 19.3. The van der Waals surface area contributed by atoms with Crippen LogP contribution in [0.1, 0.15) is 31.9 Å². The van der Waals surface area contributed by atoms with Gasteiger partial charge in [0.15, 0.2) is 17.6 Å². The van der Waals surface area contributed by atoms with Crippen molar-refractivity contribution in [3.63, 3.8) is 0 Å². The summed E-state index contributed by atoms with van der Waals surface area (Å²) >= 11 is 0. The first kappa shape index (κ1) is 16.8. The largest absolute Gasteiger partial charge is 0.393 e. The first-order valence-electron chi connectivity index (χ1n) is 8.18. The molecule has 3 N–H and O–H groups in total. The minimum absolute atomic E-state index is 0.00827. The lowest BCUT2D eigenvalue weighted by Gasteiger charge is -2.33. The third-order valence-corrected chi connectivity index (χ3v) is 5.20. The highest BCUT2D eigenvalue weighted by Crippen LogP contribution is 2.53. The Morgan fingerprint density at radius 2 is 2.08 bits per heavy atom. The fourth-order valence-corrected chi connectivity index (χ4v) is 3.94. The topological polar surface area (TPSA) is 109 Å². The second kappa shape index (κ2) is 5.70. The first-order chi connectivity index (χ1) is 11.9. The summed E-state index contributed by atoms with van der Waals surface area (Å²) in [5, 5.41) is 9.68. The minimum Gasteiger partial charge on any atom is -0.393 e. The van der Waals surface area contributed by atoms with Gasteiger partial charge in [0.25, 0.3) is 6.43 Å². The third-order valence-electron chi connectivity index (χ3n) is 5.20. The zero-order valence-electron chi connectivity index (χ0n) is 13.3. The van der Waals surface area contributed by atoms with E-state index in [9.17, 15) is 18.7 Å². The lowest BCUT2D eigenvalue weighted by atomic mass is 9.96. The first-order valence-corrected chi connectivity index (χ1v) is 8.18. The zero-order valence-corrected chi connectivity index (χ0v) is 13.3. The third kappa shape index (κ3) is 2.39. The quantitative estimate of drug-likeness (QED) is 0.804. The predicted octanol–water partition coefficient (Wildman–Crippen LogP) is 0.405. The van der Waals surface area contributed by atoms with Crippen LogP contribution in [-0.2, 0) is 14.2 Å². The van der Waals surface area contributed by atoms with E-state index in [4.69, 9.17) is 19.9 Å². The molecule has 0 aromatic carbocycles. The molecule has 138 valence electrons. The van der Waals surface area contributed by atoms with Gasteiger partial charge in [-0.1, -0.05) is 0 Å². The summed E-state index contributed by atoms with van der Waals surface area (Å²) in [6.07, 6.45) is -2.18. The number of fused-ring (bicyclic) bond motifs is 1. The van der Waals surface area contributed by atoms with Crippen molar-refractivity contribution in [3.8, 4) is 0 Å². The van der Waals surface area contributed by atoms with Crippen molar-refractivity contribution < 1.29 is 28.1 Å². The maximum absolute atomic E-state index is 13.8. The number of aliphatic hydroxyl groups excluding tert-OH is 1. The highest BCUT2D eigenvalue weighted by molar-refractivity contribution is 5.24. The Morgan fingerprint density at radius 3 is 2.68 bits per heavy atom. The van der Waals surface area contributed by atoms with Gasteiger partial charge in [-0.15, -0.1) is 0 Å². The number of nitrogens with zero attached hydrogens (tertiary/aromatic N) is 2. The van der Waals surface area contributed by atoms with Crippen molar-refractivity contribution in [1.29, 1.82) is 0 Å². The molecular formula is C15H19F2N3O5. The number of rotatable bonds is 3. The van der Waals surface area contributed by atoms with Gasteiger partial charge in [0.1, 0.15) is 18.0 Å². The predicted molar refractivity (Wildman–Crippen MR) is 79.8 cm³/mol. The summed E-state index contributed by atoms with van der Waals surface area (Å²) in [5.74, 6) is -0.953. The molecule has 25 heavy (non-hydrogen) atoms. The summed E-state index contributed by atoms with van der Waals surface area (Å²) < 4.78 is 46.0. The molecule has 0 amide bonds. The van der Waals surface area contributed by atoms with Crippen LogP contribution in [0.5, 0.6) is 0 Å². The second-order valence-corrected chi connectivity index (χ2v) is 6.70. The Kier molecular flexibility index (Phi) is 3.83. The standard InChI is InChI=1S/C15H19F2N3O5/c16-12(17)15(7-21)10-9(23-14(24-10)4-1-2-5-14)11(25-15)20-6-3-8(18)19-13(20)22/h3,6,9-12,21H,1-2,4-5,7H2,(H2,18,19,22). The molecule has 8 nitrogen and oxygen atoms in total. The van der Waals surface area contributed by atoms with Gasteiger partial charge in [0.05, 0.1) is 6.61 Å². The van der Waals surface area contributed by atoms with Gasteiger partial charge < -0.3 is 25.1 Å². The average molecular weight is 359 g/mol. The maximum atomic E-state index is 13.8. The number of hydrogen-bond donors (Lipinski definition) is 2. The second-order valence-electron chi connectivity index (χ2n) is 6.70. The van der Waals surface area contributed by atoms with Gasteiger partial charge in [-0.3, -0.25) is 4.57 Å². The molecule has 10 heteroatoms. The van der Waals surface area contributed by atoms with Gasteiger partial charge in [0, 0.05) is 19.0 Å². The van der Waals surface area contributed by atoms with Gasteiger partial charge in [-0.25, -0.2) is 13.6 Å². The molecule has 1 saturated carbocycles. The van der Waals surface area contributed by atoms with Crippen molar-refractivity contribution >= 4 is 5.82 Å². The summed E-state index contributed by atoms with van der Waals surface area (Å²) in [7, 11) is 0. The number of aromatic nitrogens is 2. The lowest BCUT2D eigenvalue weighted by Crippen LogP contribution is -2.52. The van der Waals surface area contributed by atoms with E-state index in [0.29, 0.717) is 12.8 Å². The summed E-state index contributed by atoms with van der Waals surface area (Å²) in [5.41, 5.74) is 2.46. The number of aliphatic hydroxyl groups is 1. The number of anilines is 1. The van der Waals surface area contributed by atoms with Crippen LogP contribution in [0.15, 0.2) is 17.1 Å². The molecule has 2 saturated heterocycles. The number of alkyl halides is 2. The summed E-state index contributed by atoms with van der Waals surface area (Å²) in [6.45, 7) is -0.959. The van der Waals surface area contributed by atoms with Gasteiger partial charge >= 0.3 is 5.69 Å². The van der Waals surface area contributed by atoms with Crippen LogP contribution in [0.25, 0.3) is 0 Å². The highest BCUT2D eigenvalue weighted by Gasteiger charge is 2.69. The van der Waals surface area contributed by atoms with Crippen molar-refractivity contribution in [2.24, 2.45) is 0 Å². The van der Waals surface area contributed by atoms with E-state index < -0.39 is 48.5 Å². The number of nitrogen functional groups attached to an aromatic ring is 1. The molecule has 4 unspecified atom stereocenters. The van der Waals surface area contributed by atoms with E-state index in [1.165, 1.54) is 12.3 Å². The fraction of sp³-hybridized carbons (Fsp3) is 0.733. The van der Waals surface area contributed by atoms with Crippen LogP contribution in [0, 0.1) is 0 Å². The number of hydrogen-bond acceptors (Lipinski definition) is 7. The number of nitrogens with two attached hydrogens (primary N) is 1. The monoisotopic (exact) mass is 359 g/mol. The summed E-state index contributed by atoms with van der Waals surface area (Å²) in [6, 6.07) is 1.36. The van der Waals surface area contributed by atoms with E-state index in [0.717, 1.165) is 17.4 Å². The molecule has 4 atom stereocenters. The molecule has 3 aliphatic rings. The Bertz CT molecular complexity index is 723. The minimum atomic E-state index is -3.02. The zero-order chi connectivity index (χ0) is 17.8. The van der Waals surface area contributed by atoms with Crippen molar-refractivity contribution in [1.82, 2.24) is 9.55 Å². The van der Waals surface area contributed by atoms with Gasteiger partial charge in [-0.05, 0) is 18.9 Å². The fourth-order valence-electron chi connectivity index (χ4n) is 3.94. The van der Waals surface area contributed by atoms with Crippen molar-refractivity contribution in [3.05, 3.63) is 22.7 Å². The van der Waals surface area contributed by atoms with Crippen LogP contribution >= 0.6 is 0 Å². The van der Waals surface area contributed by atoms with Gasteiger partial charge in [-0.2, -0.15) is 4.98 Å². The molecule has 1 aromatic heterocycles. The maximum Gasteiger partial charge on any atom is 0.351 e. The number of halogens is 2. The van der Waals surface area contributed by atoms with E-state index >= 15 is 0 Å². The molecule has 4 rings (SSSR count). The molecule has 1 aromatic rings. The Hall–Kier alpha value is -1.62. The van der Waals surface area contributed by atoms with Crippen LogP contribution in [0.4, 0.5) is 14.6 Å². The van der Waals surface area contributed by atoms with E-state index in [1.807, 2.05) is 0 Å². The molecule has 1 aliphatic carbocycles. The molecule has 1 spiro atoms.